The number of hydrogen-bond donors (Lipinski definition) is 2. The second kappa shape index (κ2) is 5.86. The Labute approximate surface area is 108 Å². The quantitative estimate of drug-likeness (QED) is 0.592. The van der Waals surface area contributed by atoms with Gasteiger partial charge in [-0.2, -0.15) is 0 Å². The summed E-state index contributed by atoms with van der Waals surface area (Å²) in [6.45, 7) is 0.647. The third kappa shape index (κ3) is 4.75. The minimum atomic E-state index is -2.90. The molecule has 0 aromatic heterocycles. The highest BCUT2D eigenvalue weighted by Crippen LogP contribution is 2.14. The normalized spacial score (nSPS) is 11.2. The first-order valence-corrected chi connectivity index (χ1v) is 7.69. The Balaban J connectivity index is 2.64. The van der Waals surface area contributed by atoms with Crippen LogP contribution in [-0.4, -0.2) is 39.9 Å². The fourth-order valence-corrected chi connectivity index (χ4v) is 2.26. The molecule has 1 aromatic rings. The highest BCUT2D eigenvalue weighted by molar-refractivity contribution is 7.90. The highest BCUT2D eigenvalue weighted by Gasteiger charge is 2.06. The van der Waals surface area contributed by atoms with Gasteiger partial charge in [0.15, 0.2) is 0 Å². The third-order valence-corrected chi connectivity index (χ3v) is 3.64. The monoisotopic (exact) mass is 269 g/mol. The molecule has 0 radical (unpaired) electrons. The first-order chi connectivity index (χ1) is 8.29. The zero-order valence-corrected chi connectivity index (χ0v) is 11.5. The van der Waals surface area contributed by atoms with Crippen LogP contribution in [0.1, 0.15) is 12.0 Å². The maximum atomic E-state index is 11.0. The molecule has 0 atom stereocenters. The summed E-state index contributed by atoms with van der Waals surface area (Å²) in [7, 11) is -1.01. The van der Waals surface area contributed by atoms with Gasteiger partial charge in [-0.05, 0) is 18.6 Å². The number of nitrogens with two attached hydrogens (primary N) is 1. The van der Waals surface area contributed by atoms with Crippen molar-refractivity contribution in [1.29, 1.82) is 5.41 Å². The van der Waals surface area contributed by atoms with Crippen LogP contribution < -0.4 is 10.6 Å². The number of nitrogen functional groups attached to an aromatic ring is 1. The van der Waals surface area contributed by atoms with Crippen molar-refractivity contribution in [2.45, 2.75) is 6.42 Å². The Morgan fingerprint density at radius 3 is 2.67 bits per heavy atom. The average Bonchev–Trinajstić information content (AvgIpc) is 2.27. The predicted octanol–water partition coefficient (Wildman–Crippen LogP) is 0.842. The second-order valence-electron chi connectivity index (χ2n) is 4.37. The van der Waals surface area contributed by atoms with Crippen molar-refractivity contribution in [2.75, 3.05) is 30.5 Å². The van der Waals surface area contributed by atoms with E-state index in [1.165, 1.54) is 6.26 Å². The van der Waals surface area contributed by atoms with E-state index >= 15 is 0 Å². The van der Waals surface area contributed by atoms with Crippen molar-refractivity contribution >= 4 is 21.4 Å². The molecule has 0 unspecified atom stereocenters. The molecule has 0 saturated heterocycles. The Morgan fingerprint density at radius 1 is 1.44 bits per heavy atom. The van der Waals surface area contributed by atoms with Gasteiger partial charge in [0.1, 0.15) is 15.7 Å². The molecule has 1 aromatic carbocycles. The number of sulfone groups is 1. The van der Waals surface area contributed by atoms with E-state index in [9.17, 15) is 8.42 Å². The molecule has 3 N–H and O–H groups in total. The summed E-state index contributed by atoms with van der Waals surface area (Å²) < 4.78 is 22.1. The molecular formula is C12H19N3O2S. The van der Waals surface area contributed by atoms with Crippen LogP contribution in [0.25, 0.3) is 0 Å². The fraction of sp³-hybridized carbons (Fsp3) is 0.417. The summed E-state index contributed by atoms with van der Waals surface area (Å²) in [4.78, 5) is 1.96. The van der Waals surface area contributed by atoms with Gasteiger partial charge in [-0.1, -0.05) is 12.1 Å². The van der Waals surface area contributed by atoms with Crippen LogP contribution >= 0.6 is 0 Å². The lowest BCUT2D eigenvalue weighted by Gasteiger charge is -2.19. The largest absolute Gasteiger partial charge is 0.384 e. The molecule has 0 heterocycles. The first-order valence-electron chi connectivity index (χ1n) is 5.63. The van der Waals surface area contributed by atoms with Gasteiger partial charge in [-0.3, -0.25) is 5.41 Å². The van der Waals surface area contributed by atoms with Crippen molar-refractivity contribution in [3.8, 4) is 0 Å². The van der Waals surface area contributed by atoms with E-state index < -0.39 is 9.84 Å². The van der Waals surface area contributed by atoms with Crippen molar-refractivity contribution in [3.63, 3.8) is 0 Å². The summed E-state index contributed by atoms with van der Waals surface area (Å²) in [5, 5.41) is 7.37. The average molecular weight is 269 g/mol. The van der Waals surface area contributed by atoms with Gasteiger partial charge >= 0.3 is 0 Å². The molecule has 0 aliphatic rings. The summed E-state index contributed by atoms with van der Waals surface area (Å²) >= 11 is 0. The number of nitrogens with zero attached hydrogens (tertiary/aromatic N) is 1. The van der Waals surface area contributed by atoms with Gasteiger partial charge in [-0.15, -0.1) is 0 Å². The maximum absolute atomic E-state index is 11.0. The van der Waals surface area contributed by atoms with Crippen molar-refractivity contribution in [3.05, 3.63) is 29.8 Å². The van der Waals surface area contributed by atoms with Gasteiger partial charge < -0.3 is 10.6 Å². The smallest absolute Gasteiger partial charge is 0.147 e. The standard InChI is InChI=1S/C12H19N3O2S/c1-15(7-4-8-18(2,16)17)11-6-3-5-10(9-11)12(13)14/h3,5-6,9H,4,7-8H2,1-2H3,(H3,13,14). The predicted molar refractivity (Wildman–Crippen MR) is 75.1 cm³/mol. The summed E-state index contributed by atoms with van der Waals surface area (Å²) in [5.41, 5.74) is 7.02. The van der Waals surface area contributed by atoms with Crippen molar-refractivity contribution in [2.24, 2.45) is 5.73 Å². The van der Waals surface area contributed by atoms with E-state index in [0.717, 1.165) is 5.69 Å². The topological polar surface area (TPSA) is 87.2 Å². The minimum Gasteiger partial charge on any atom is -0.384 e. The molecule has 0 aliphatic carbocycles. The fourth-order valence-electron chi connectivity index (χ4n) is 1.60. The van der Waals surface area contributed by atoms with Gasteiger partial charge in [0.05, 0.1) is 5.75 Å². The Kier molecular flexibility index (Phi) is 4.72. The number of anilines is 1. The number of rotatable bonds is 6. The van der Waals surface area contributed by atoms with Gasteiger partial charge in [0.2, 0.25) is 0 Å². The minimum absolute atomic E-state index is 0.0291. The zero-order valence-electron chi connectivity index (χ0n) is 10.7. The van der Waals surface area contributed by atoms with Crippen molar-refractivity contribution < 1.29 is 8.42 Å². The molecule has 18 heavy (non-hydrogen) atoms. The van der Waals surface area contributed by atoms with Crippen LogP contribution in [0.3, 0.4) is 0 Å². The van der Waals surface area contributed by atoms with E-state index in [2.05, 4.69) is 0 Å². The van der Waals surface area contributed by atoms with E-state index in [1.807, 2.05) is 30.1 Å². The van der Waals surface area contributed by atoms with Gasteiger partial charge in [0.25, 0.3) is 0 Å². The summed E-state index contributed by atoms with van der Waals surface area (Å²) in [6.07, 6.45) is 1.82. The molecule has 0 bridgehead atoms. The number of hydrogen-bond acceptors (Lipinski definition) is 4. The molecule has 6 heteroatoms. The van der Waals surface area contributed by atoms with E-state index in [-0.39, 0.29) is 11.6 Å². The molecule has 0 spiro atoms. The van der Waals surface area contributed by atoms with Crippen LogP contribution in [0.15, 0.2) is 24.3 Å². The summed E-state index contributed by atoms with van der Waals surface area (Å²) in [6, 6.07) is 7.34. The Bertz CT molecular complexity index is 526. The highest BCUT2D eigenvalue weighted by atomic mass is 32.2. The van der Waals surface area contributed by atoms with E-state index in [0.29, 0.717) is 18.5 Å². The number of benzene rings is 1. The first kappa shape index (κ1) is 14.5. The number of amidine groups is 1. The Morgan fingerprint density at radius 2 is 2.11 bits per heavy atom. The lowest BCUT2D eigenvalue weighted by atomic mass is 10.1. The second-order valence-corrected chi connectivity index (χ2v) is 6.63. The van der Waals surface area contributed by atoms with Crippen LogP contribution in [0.2, 0.25) is 0 Å². The lowest BCUT2D eigenvalue weighted by Crippen LogP contribution is -2.21. The molecular weight excluding hydrogens is 250 g/mol. The zero-order chi connectivity index (χ0) is 13.8. The van der Waals surface area contributed by atoms with Gasteiger partial charge in [0, 0.05) is 31.1 Å². The summed E-state index contributed by atoms with van der Waals surface area (Å²) in [5.74, 6) is 0.213. The molecule has 5 nitrogen and oxygen atoms in total. The van der Waals surface area contributed by atoms with E-state index in [1.54, 1.807) is 6.07 Å². The third-order valence-electron chi connectivity index (χ3n) is 2.61. The molecule has 0 amide bonds. The van der Waals surface area contributed by atoms with Crippen LogP contribution in [0, 0.1) is 5.41 Å². The maximum Gasteiger partial charge on any atom is 0.147 e. The van der Waals surface area contributed by atoms with E-state index in [4.69, 9.17) is 11.1 Å². The van der Waals surface area contributed by atoms with Gasteiger partial charge in [-0.25, -0.2) is 8.42 Å². The Hall–Kier alpha value is -1.56. The van der Waals surface area contributed by atoms with Crippen LogP contribution in [-0.2, 0) is 9.84 Å². The SMILES string of the molecule is CN(CCCS(C)(=O)=O)c1cccc(C(=N)N)c1. The lowest BCUT2D eigenvalue weighted by molar-refractivity contribution is 0.599. The molecule has 100 valence electrons. The van der Waals surface area contributed by atoms with Crippen LogP contribution in [0.5, 0.6) is 0 Å². The number of nitrogens with one attached hydrogen (secondary N) is 1. The molecule has 1 rings (SSSR count). The van der Waals surface area contributed by atoms with Crippen LogP contribution in [0.4, 0.5) is 5.69 Å². The molecule has 0 aliphatic heterocycles. The molecule has 0 fully saturated rings. The van der Waals surface area contributed by atoms with Crippen molar-refractivity contribution in [1.82, 2.24) is 0 Å². The molecule has 0 saturated carbocycles.